The molecule has 1 aromatic rings. The molecular weight excluding hydrogens is 328 g/mol. The number of nitrogens with two attached hydrogens (primary N) is 1. The largest absolute Gasteiger partial charge is 0.371 e. The standard InChI is InChI=1S/C14H21BrN2O.ClH/c1-14(2,16)10-17-7-8-18-13(9-17)11-3-5-12(15)6-4-11;/h3-6,13H,7-10,16H2,1-2H3;1H. The van der Waals surface area contributed by atoms with Gasteiger partial charge in [0.2, 0.25) is 0 Å². The van der Waals surface area contributed by atoms with Crippen molar-refractivity contribution in [3.05, 3.63) is 34.3 Å². The highest BCUT2D eigenvalue weighted by Gasteiger charge is 2.25. The number of morpholine rings is 1. The van der Waals surface area contributed by atoms with E-state index in [1.165, 1.54) is 5.56 Å². The minimum Gasteiger partial charge on any atom is -0.371 e. The molecule has 1 aromatic carbocycles. The van der Waals surface area contributed by atoms with Gasteiger partial charge in [0.25, 0.3) is 0 Å². The van der Waals surface area contributed by atoms with Crippen LogP contribution in [0.1, 0.15) is 25.5 Å². The minimum absolute atomic E-state index is 0. The molecule has 2 rings (SSSR count). The van der Waals surface area contributed by atoms with Gasteiger partial charge in [0.1, 0.15) is 0 Å². The maximum atomic E-state index is 6.08. The van der Waals surface area contributed by atoms with E-state index in [4.69, 9.17) is 10.5 Å². The summed E-state index contributed by atoms with van der Waals surface area (Å²) >= 11 is 3.45. The molecule has 1 aliphatic rings. The fourth-order valence-corrected chi connectivity index (χ4v) is 2.57. The first-order chi connectivity index (χ1) is 8.44. The van der Waals surface area contributed by atoms with Crippen molar-refractivity contribution in [2.45, 2.75) is 25.5 Å². The zero-order chi connectivity index (χ0) is 13.2. The third-order valence-corrected chi connectivity index (χ3v) is 3.55. The SMILES string of the molecule is CC(C)(N)CN1CCOC(c2ccc(Br)cc2)C1.Cl. The van der Waals surface area contributed by atoms with E-state index in [1.54, 1.807) is 0 Å². The van der Waals surface area contributed by atoms with Crippen LogP contribution in [0.25, 0.3) is 0 Å². The van der Waals surface area contributed by atoms with Crippen molar-refractivity contribution in [2.75, 3.05) is 26.2 Å². The second-order valence-electron chi connectivity index (χ2n) is 5.63. The lowest BCUT2D eigenvalue weighted by atomic mass is 10.0. The first-order valence-corrected chi connectivity index (χ1v) is 7.12. The summed E-state index contributed by atoms with van der Waals surface area (Å²) in [5.41, 5.74) is 7.16. The third kappa shape index (κ3) is 5.40. The summed E-state index contributed by atoms with van der Waals surface area (Å²) < 4.78 is 6.95. The highest BCUT2D eigenvalue weighted by molar-refractivity contribution is 9.10. The first kappa shape index (κ1) is 16.9. The fourth-order valence-electron chi connectivity index (χ4n) is 2.30. The van der Waals surface area contributed by atoms with Crippen LogP contribution in [-0.2, 0) is 4.74 Å². The lowest BCUT2D eigenvalue weighted by molar-refractivity contribution is -0.0347. The van der Waals surface area contributed by atoms with Gasteiger partial charge < -0.3 is 10.5 Å². The molecule has 1 unspecified atom stereocenters. The average molecular weight is 350 g/mol. The number of halogens is 2. The minimum atomic E-state index is -0.151. The van der Waals surface area contributed by atoms with E-state index in [2.05, 4.69) is 58.9 Å². The van der Waals surface area contributed by atoms with Gasteiger partial charge in [-0.15, -0.1) is 12.4 Å². The van der Waals surface area contributed by atoms with Crippen LogP contribution in [0, 0.1) is 0 Å². The van der Waals surface area contributed by atoms with Crippen LogP contribution in [0.15, 0.2) is 28.7 Å². The predicted octanol–water partition coefficient (Wildman–Crippen LogP) is 2.98. The second kappa shape index (κ2) is 7.04. The molecule has 0 spiro atoms. The molecule has 1 atom stereocenters. The highest BCUT2D eigenvalue weighted by Crippen LogP contribution is 2.24. The van der Waals surface area contributed by atoms with E-state index >= 15 is 0 Å². The molecule has 19 heavy (non-hydrogen) atoms. The number of hydrogen-bond donors (Lipinski definition) is 1. The molecule has 1 aliphatic heterocycles. The van der Waals surface area contributed by atoms with E-state index < -0.39 is 0 Å². The summed E-state index contributed by atoms with van der Waals surface area (Å²) in [6.45, 7) is 7.70. The highest BCUT2D eigenvalue weighted by atomic mass is 79.9. The van der Waals surface area contributed by atoms with Crippen molar-refractivity contribution in [2.24, 2.45) is 5.73 Å². The van der Waals surface area contributed by atoms with Gasteiger partial charge in [-0.2, -0.15) is 0 Å². The second-order valence-corrected chi connectivity index (χ2v) is 6.55. The lowest BCUT2D eigenvalue weighted by Crippen LogP contribution is -2.49. The van der Waals surface area contributed by atoms with Gasteiger partial charge in [0.15, 0.2) is 0 Å². The van der Waals surface area contributed by atoms with Crippen LogP contribution in [0.2, 0.25) is 0 Å². The van der Waals surface area contributed by atoms with Crippen LogP contribution in [0.3, 0.4) is 0 Å². The quantitative estimate of drug-likeness (QED) is 0.912. The molecule has 1 fully saturated rings. The summed E-state index contributed by atoms with van der Waals surface area (Å²) in [7, 11) is 0. The molecule has 0 amide bonds. The summed E-state index contributed by atoms with van der Waals surface area (Å²) in [5.74, 6) is 0. The van der Waals surface area contributed by atoms with Gasteiger partial charge in [-0.25, -0.2) is 0 Å². The Kier molecular flexibility index (Phi) is 6.27. The Bertz CT molecular complexity index is 391. The Labute approximate surface area is 130 Å². The van der Waals surface area contributed by atoms with E-state index in [0.29, 0.717) is 0 Å². The first-order valence-electron chi connectivity index (χ1n) is 6.32. The molecule has 0 aliphatic carbocycles. The van der Waals surface area contributed by atoms with Crippen LogP contribution in [-0.4, -0.2) is 36.7 Å². The molecule has 2 N–H and O–H groups in total. The summed E-state index contributed by atoms with van der Waals surface area (Å²) in [4.78, 5) is 2.39. The van der Waals surface area contributed by atoms with Crippen LogP contribution in [0.5, 0.6) is 0 Å². The number of rotatable bonds is 3. The van der Waals surface area contributed by atoms with Gasteiger partial charge in [-0.05, 0) is 31.5 Å². The smallest absolute Gasteiger partial charge is 0.0952 e. The molecule has 5 heteroatoms. The molecule has 1 heterocycles. The maximum absolute atomic E-state index is 6.08. The Morgan fingerprint density at radius 2 is 2.00 bits per heavy atom. The molecule has 1 saturated heterocycles. The monoisotopic (exact) mass is 348 g/mol. The van der Waals surface area contributed by atoms with Crippen LogP contribution < -0.4 is 5.73 Å². The third-order valence-electron chi connectivity index (χ3n) is 3.02. The molecule has 0 radical (unpaired) electrons. The Morgan fingerprint density at radius 1 is 1.37 bits per heavy atom. The van der Waals surface area contributed by atoms with E-state index in [9.17, 15) is 0 Å². The van der Waals surface area contributed by atoms with E-state index in [-0.39, 0.29) is 24.0 Å². The molecule has 3 nitrogen and oxygen atoms in total. The lowest BCUT2D eigenvalue weighted by Gasteiger charge is -2.36. The zero-order valence-electron chi connectivity index (χ0n) is 11.4. The van der Waals surface area contributed by atoms with Crippen molar-refractivity contribution in [3.8, 4) is 0 Å². The number of benzene rings is 1. The van der Waals surface area contributed by atoms with Gasteiger partial charge in [0.05, 0.1) is 12.7 Å². The molecular formula is C14H22BrClN2O. The van der Waals surface area contributed by atoms with Crippen LogP contribution >= 0.6 is 28.3 Å². The Balaban J connectivity index is 0.00000180. The zero-order valence-corrected chi connectivity index (χ0v) is 13.8. The van der Waals surface area contributed by atoms with Gasteiger partial charge in [-0.3, -0.25) is 4.90 Å². The number of ether oxygens (including phenoxy) is 1. The molecule has 0 saturated carbocycles. The Hall–Kier alpha value is -0.130. The van der Waals surface area contributed by atoms with Gasteiger partial charge in [-0.1, -0.05) is 28.1 Å². The molecule has 0 aromatic heterocycles. The van der Waals surface area contributed by atoms with E-state index in [1.807, 2.05) is 0 Å². The summed E-state index contributed by atoms with van der Waals surface area (Å²) in [6.07, 6.45) is 0.161. The van der Waals surface area contributed by atoms with Gasteiger partial charge >= 0.3 is 0 Å². The Morgan fingerprint density at radius 3 is 2.58 bits per heavy atom. The molecule has 0 bridgehead atoms. The molecule has 108 valence electrons. The van der Waals surface area contributed by atoms with Crippen molar-refractivity contribution < 1.29 is 4.74 Å². The van der Waals surface area contributed by atoms with Crippen molar-refractivity contribution in [3.63, 3.8) is 0 Å². The van der Waals surface area contributed by atoms with Crippen molar-refractivity contribution >= 4 is 28.3 Å². The number of hydrogen-bond acceptors (Lipinski definition) is 3. The average Bonchev–Trinajstić information content (AvgIpc) is 2.28. The van der Waals surface area contributed by atoms with Crippen molar-refractivity contribution in [1.82, 2.24) is 4.90 Å². The van der Waals surface area contributed by atoms with Crippen molar-refractivity contribution in [1.29, 1.82) is 0 Å². The van der Waals surface area contributed by atoms with Gasteiger partial charge in [0, 0.05) is 29.6 Å². The maximum Gasteiger partial charge on any atom is 0.0952 e. The normalized spacial score (nSPS) is 20.9. The van der Waals surface area contributed by atoms with Crippen LogP contribution in [0.4, 0.5) is 0 Å². The predicted molar refractivity (Wildman–Crippen MR) is 84.8 cm³/mol. The summed E-state index contributed by atoms with van der Waals surface area (Å²) in [6, 6.07) is 8.35. The summed E-state index contributed by atoms with van der Waals surface area (Å²) in [5, 5.41) is 0. The van der Waals surface area contributed by atoms with E-state index in [0.717, 1.165) is 30.7 Å². The number of nitrogens with zero attached hydrogens (tertiary/aromatic N) is 1. The fraction of sp³-hybridized carbons (Fsp3) is 0.571. The topological polar surface area (TPSA) is 38.5 Å².